The number of nitriles is 1. The fraction of sp³-hybridized carbons (Fsp3) is 0.455. The Labute approximate surface area is 185 Å². The highest BCUT2D eigenvalue weighted by Gasteiger charge is 2.43. The number of carbonyl (C=O) groups excluding carboxylic acids is 1. The van der Waals surface area contributed by atoms with Gasteiger partial charge in [0.25, 0.3) is 5.91 Å². The van der Waals surface area contributed by atoms with Crippen molar-refractivity contribution in [3.63, 3.8) is 0 Å². The van der Waals surface area contributed by atoms with E-state index in [1.807, 2.05) is 20.8 Å². The van der Waals surface area contributed by atoms with E-state index < -0.39 is 35.8 Å². The molecule has 4 N–H and O–H groups in total. The molecule has 3 atom stereocenters. The van der Waals surface area contributed by atoms with Crippen LogP contribution in [-0.2, 0) is 0 Å². The lowest BCUT2D eigenvalue weighted by Crippen LogP contribution is -2.52. The minimum atomic E-state index is -1.06. The number of primary amides is 1. The van der Waals surface area contributed by atoms with Crippen LogP contribution in [0.1, 0.15) is 50.0 Å². The normalized spacial score (nSPS) is 21.1. The first-order valence-electron chi connectivity index (χ1n) is 10.3. The number of carbonyl (C=O) groups is 2. The lowest BCUT2D eigenvalue weighted by molar-refractivity contribution is 0.0481. The molecule has 0 bridgehead atoms. The van der Waals surface area contributed by atoms with Crippen LogP contribution in [0.5, 0.6) is 0 Å². The number of hydrogen-bond acceptors (Lipinski definition) is 5. The number of likely N-dealkylation sites (tertiary alicyclic amines) is 1. The van der Waals surface area contributed by atoms with Gasteiger partial charge in [-0.2, -0.15) is 10.4 Å². The van der Waals surface area contributed by atoms with Crippen molar-refractivity contribution in [2.75, 3.05) is 11.9 Å². The van der Waals surface area contributed by atoms with Gasteiger partial charge in [0.15, 0.2) is 5.82 Å². The van der Waals surface area contributed by atoms with E-state index in [0.717, 1.165) is 0 Å². The molecule has 1 unspecified atom stereocenters. The second-order valence-corrected chi connectivity index (χ2v) is 9.19. The molecule has 3 rings (SSSR count). The van der Waals surface area contributed by atoms with Gasteiger partial charge < -0.3 is 21.1 Å². The summed E-state index contributed by atoms with van der Waals surface area (Å²) < 4.78 is 14.7. The predicted molar refractivity (Wildman–Crippen MR) is 116 cm³/mol. The van der Waals surface area contributed by atoms with Crippen LogP contribution < -0.4 is 11.1 Å². The number of amides is 2. The van der Waals surface area contributed by atoms with Gasteiger partial charge in [-0.3, -0.25) is 9.48 Å². The maximum absolute atomic E-state index is 13.2. The molecule has 2 amide bonds. The van der Waals surface area contributed by atoms with Crippen molar-refractivity contribution in [1.82, 2.24) is 14.7 Å². The Balaban J connectivity index is 1.96. The zero-order chi connectivity index (χ0) is 23.6. The average Bonchev–Trinajstić information content (AvgIpc) is 3.12. The predicted octanol–water partition coefficient (Wildman–Crippen LogP) is 3.73. The monoisotopic (exact) mass is 442 g/mol. The number of hydrogen-bond donors (Lipinski definition) is 3. The summed E-state index contributed by atoms with van der Waals surface area (Å²) in [6, 6.07) is 6.86. The molecule has 10 heteroatoms. The first-order chi connectivity index (χ1) is 15.0. The molecule has 0 saturated carbocycles. The van der Waals surface area contributed by atoms with Crippen molar-refractivity contribution < 1.29 is 19.1 Å². The number of benzene rings is 1. The summed E-state index contributed by atoms with van der Waals surface area (Å²) in [6.45, 7) is 6.23. The van der Waals surface area contributed by atoms with E-state index in [1.165, 1.54) is 40.0 Å². The number of halogens is 1. The molecular formula is C22H27FN6O3. The third-order valence-electron chi connectivity index (χ3n) is 5.56. The number of nitrogens with zero attached hydrogens (tertiary/aromatic N) is 4. The number of aromatic nitrogens is 2. The minimum absolute atomic E-state index is 0.124. The third kappa shape index (κ3) is 4.99. The maximum atomic E-state index is 13.2. The third-order valence-corrected chi connectivity index (χ3v) is 5.56. The molecule has 1 aromatic carbocycles. The molecule has 2 aromatic rings. The van der Waals surface area contributed by atoms with Crippen LogP contribution in [0.3, 0.4) is 0 Å². The summed E-state index contributed by atoms with van der Waals surface area (Å²) in [5.74, 6) is -1.58. The fourth-order valence-electron chi connectivity index (χ4n) is 4.14. The first kappa shape index (κ1) is 23.1. The Morgan fingerprint density at radius 1 is 1.34 bits per heavy atom. The topological polar surface area (TPSA) is 137 Å². The van der Waals surface area contributed by atoms with Crippen LogP contribution in [0.25, 0.3) is 0 Å². The molecule has 1 saturated heterocycles. The van der Waals surface area contributed by atoms with Crippen molar-refractivity contribution >= 4 is 23.5 Å². The van der Waals surface area contributed by atoms with Gasteiger partial charge in [0.2, 0.25) is 0 Å². The van der Waals surface area contributed by atoms with Crippen molar-refractivity contribution in [2.45, 2.75) is 45.7 Å². The molecular weight excluding hydrogens is 415 g/mol. The second-order valence-electron chi connectivity index (χ2n) is 9.19. The summed E-state index contributed by atoms with van der Waals surface area (Å²) in [6.07, 6.45) is 1.28. The Morgan fingerprint density at radius 3 is 2.53 bits per heavy atom. The smallest absolute Gasteiger partial charge is 0.407 e. The van der Waals surface area contributed by atoms with E-state index in [2.05, 4.69) is 16.5 Å². The van der Waals surface area contributed by atoms with E-state index in [4.69, 9.17) is 5.73 Å². The quantitative estimate of drug-likeness (QED) is 0.645. The zero-order valence-corrected chi connectivity index (χ0v) is 18.2. The molecule has 9 nitrogen and oxygen atoms in total. The molecule has 0 aliphatic carbocycles. The lowest BCUT2D eigenvalue weighted by Gasteiger charge is -2.43. The number of carboxylic acid groups (broad SMARTS) is 1. The van der Waals surface area contributed by atoms with E-state index in [9.17, 15) is 24.3 Å². The van der Waals surface area contributed by atoms with Crippen molar-refractivity contribution in [2.24, 2.45) is 17.1 Å². The summed E-state index contributed by atoms with van der Waals surface area (Å²) in [5, 5.41) is 27.1. The number of nitrogens with two attached hydrogens (primary N) is 1. The maximum Gasteiger partial charge on any atom is 0.407 e. The summed E-state index contributed by atoms with van der Waals surface area (Å²) in [4.78, 5) is 25.2. The molecule has 1 fully saturated rings. The molecule has 0 spiro atoms. The molecule has 2 heterocycles. The van der Waals surface area contributed by atoms with Gasteiger partial charge >= 0.3 is 6.09 Å². The molecule has 0 radical (unpaired) electrons. The van der Waals surface area contributed by atoms with Crippen molar-refractivity contribution in [1.29, 1.82) is 5.26 Å². The highest BCUT2D eigenvalue weighted by molar-refractivity contribution is 5.98. The fourth-order valence-corrected chi connectivity index (χ4v) is 4.14. The van der Waals surface area contributed by atoms with Crippen LogP contribution in [0.2, 0.25) is 0 Å². The lowest BCUT2D eigenvalue weighted by atomic mass is 9.77. The summed E-state index contributed by atoms with van der Waals surface area (Å²) in [5.41, 5.74) is 5.97. The van der Waals surface area contributed by atoms with Gasteiger partial charge in [-0.15, -0.1) is 0 Å². The SMILES string of the molecule is CC(C)(C)CC1[C@@H](C#N)[C@@H](n2cc(C(N)=O)c(Nc3ccc(F)cc3)n2)CCN1C(=O)O. The van der Waals surface area contributed by atoms with Crippen LogP contribution in [0, 0.1) is 28.5 Å². The molecule has 1 aliphatic heterocycles. The van der Waals surface area contributed by atoms with E-state index in [1.54, 1.807) is 0 Å². The Bertz CT molecular complexity index is 1040. The number of piperidine rings is 1. The number of nitrogens with one attached hydrogen (secondary N) is 1. The highest BCUT2D eigenvalue weighted by Crippen LogP contribution is 2.39. The zero-order valence-electron chi connectivity index (χ0n) is 18.2. The highest BCUT2D eigenvalue weighted by atomic mass is 19.1. The molecule has 1 aromatic heterocycles. The summed E-state index contributed by atoms with van der Waals surface area (Å²) >= 11 is 0. The van der Waals surface area contributed by atoms with Gasteiger partial charge in [-0.1, -0.05) is 20.8 Å². The average molecular weight is 442 g/mol. The van der Waals surface area contributed by atoms with Crippen LogP contribution in [0.15, 0.2) is 30.5 Å². The van der Waals surface area contributed by atoms with Crippen molar-refractivity contribution in [3.05, 3.63) is 41.8 Å². The molecule has 170 valence electrons. The van der Waals surface area contributed by atoms with Gasteiger partial charge in [0.1, 0.15) is 11.4 Å². The van der Waals surface area contributed by atoms with Crippen LogP contribution >= 0.6 is 0 Å². The minimum Gasteiger partial charge on any atom is -0.465 e. The number of anilines is 2. The van der Waals surface area contributed by atoms with Gasteiger partial charge in [0.05, 0.1) is 24.1 Å². The van der Waals surface area contributed by atoms with Gasteiger partial charge in [-0.05, 0) is 42.5 Å². The van der Waals surface area contributed by atoms with E-state index in [-0.39, 0.29) is 23.3 Å². The first-order valence-corrected chi connectivity index (χ1v) is 10.3. The Hall–Kier alpha value is -3.61. The van der Waals surface area contributed by atoms with E-state index in [0.29, 0.717) is 18.5 Å². The molecule has 1 aliphatic rings. The Kier molecular flexibility index (Phi) is 6.39. The van der Waals surface area contributed by atoms with Gasteiger partial charge in [0, 0.05) is 18.4 Å². The van der Waals surface area contributed by atoms with Crippen LogP contribution in [-0.4, -0.2) is 44.4 Å². The molecule has 32 heavy (non-hydrogen) atoms. The van der Waals surface area contributed by atoms with E-state index >= 15 is 0 Å². The van der Waals surface area contributed by atoms with Crippen molar-refractivity contribution in [3.8, 4) is 6.07 Å². The Morgan fingerprint density at radius 2 is 2.00 bits per heavy atom. The van der Waals surface area contributed by atoms with Crippen LogP contribution in [0.4, 0.5) is 20.7 Å². The van der Waals surface area contributed by atoms with Gasteiger partial charge in [-0.25, -0.2) is 9.18 Å². The summed E-state index contributed by atoms with van der Waals surface area (Å²) in [7, 11) is 0. The second kappa shape index (κ2) is 8.86. The standard InChI is InChI=1S/C22H27FN6O3/c1-22(2,3)10-18-15(11-24)17(8-9-28(18)21(31)32)29-12-16(19(25)30)20(27-29)26-14-6-4-13(23)5-7-14/h4-7,12,15,17-18H,8-10H2,1-3H3,(H2,25,30)(H,26,27)(H,31,32)/t15-,17-,18?/m0/s1. The number of rotatable bonds is 5. The largest absolute Gasteiger partial charge is 0.465 e.